The van der Waals surface area contributed by atoms with Crippen LogP contribution in [0.15, 0.2) is 59.5 Å². The number of sulfonamides is 1. The highest BCUT2D eigenvalue weighted by Crippen LogP contribution is 2.21. The molecular weight excluding hydrogens is 324 g/mol. The van der Waals surface area contributed by atoms with Crippen molar-refractivity contribution in [3.05, 3.63) is 65.7 Å². The lowest BCUT2D eigenvalue weighted by Crippen LogP contribution is -2.18. The van der Waals surface area contributed by atoms with Crippen LogP contribution in [0.2, 0.25) is 0 Å². The molecule has 0 bridgehead atoms. The van der Waals surface area contributed by atoms with E-state index in [2.05, 4.69) is 4.72 Å². The van der Waals surface area contributed by atoms with Gasteiger partial charge >= 0.3 is 0 Å². The zero-order chi connectivity index (χ0) is 17.7. The smallest absolute Gasteiger partial charge is 0.261 e. The van der Waals surface area contributed by atoms with Crippen LogP contribution in [0.4, 0.5) is 5.69 Å². The van der Waals surface area contributed by atoms with Crippen molar-refractivity contribution in [1.82, 2.24) is 4.90 Å². The molecule has 5 nitrogen and oxygen atoms in total. The molecule has 0 aliphatic rings. The van der Waals surface area contributed by atoms with Crippen LogP contribution in [0.5, 0.6) is 0 Å². The lowest BCUT2D eigenvalue weighted by Gasteiger charge is -2.11. The summed E-state index contributed by atoms with van der Waals surface area (Å²) in [6.07, 6.45) is 2.99. The minimum Gasteiger partial charge on any atom is -0.345 e. The van der Waals surface area contributed by atoms with E-state index in [9.17, 15) is 13.2 Å². The zero-order valence-electron chi connectivity index (χ0n) is 13.9. The van der Waals surface area contributed by atoms with Crippen LogP contribution in [0.1, 0.15) is 11.1 Å². The van der Waals surface area contributed by atoms with Gasteiger partial charge in [-0.05, 0) is 36.8 Å². The van der Waals surface area contributed by atoms with E-state index in [1.807, 2.05) is 6.92 Å². The first kappa shape index (κ1) is 17.7. The standard InChI is InChI=1S/C18H20N2O3S/c1-14-8-11-16(12-9-14)24(22,23)19-17-7-5-4-6-15(17)10-13-18(21)20(2)3/h4-13,19H,1-3H3/b13-10+. The van der Waals surface area contributed by atoms with Crippen LogP contribution in [-0.4, -0.2) is 33.3 Å². The van der Waals surface area contributed by atoms with E-state index in [4.69, 9.17) is 0 Å². The van der Waals surface area contributed by atoms with E-state index in [1.54, 1.807) is 68.7 Å². The van der Waals surface area contributed by atoms with Gasteiger partial charge in [0.05, 0.1) is 10.6 Å². The van der Waals surface area contributed by atoms with Gasteiger partial charge in [0.25, 0.3) is 10.0 Å². The molecular formula is C18H20N2O3S. The molecule has 6 heteroatoms. The van der Waals surface area contributed by atoms with Crippen LogP contribution in [-0.2, 0) is 14.8 Å². The highest BCUT2D eigenvalue weighted by molar-refractivity contribution is 7.92. The van der Waals surface area contributed by atoms with Gasteiger partial charge in [-0.15, -0.1) is 0 Å². The Balaban J connectivity index is 2.30. The molecule has 2 rings (SSSR count). The van der Waals surface area contributed by atoms with Crippen LogP contribution >= 0.6 is 0 Å². The largest absolute Gasteiger partial charge is 0.345 e. The number of nitrogens with one attached hydrogen (secondary N) is 1. The van der Waals surface area contributed by atoms with Crippen LogP contribution in [0.3, 0.4) is 0 Å². The Kier molecular flexibility index (Phi) is 5.41. The molecule has 126 valence electrons. The number of para-hydroxylation sites is 1. The molecule has 0 heterocycles. The van der Waals surface area contributed by atoms with Crippen molar-refractivity contribution in [2.24, 2.45) is 0 Å². The van der Waals surface area contributed by atoms with Crippen molar-refractivity contribution in [2.75, 3.05) is 18.8 Å². The third-order valence-electron chi connectivity index (χ3n) is 3.38. The van der Waals surface area contributed by atoms with E-state index in [-0.39, 0.29) is 10.8 Å². The number of rotatable bonds is 5. The molecule has 2 aromatic carbocycles. The van der Waals surface area contributed by atoms with Gasteiger partial charge in [0, 0.05) is 20.2 Å². The first-order chi connectivity index (χ1) is 11.3. The predicted octanol–water partition coefficient (Wildman–Crippen LogP) is 2.90. The van der Waals surface area contributed by atoms with Crippen molar-refractivity contribution in [2.45, 2.75) is 11.8 Å². The Bertz CT molecular complexity index is 854. The first-order valence-corrected chi connectivity index (χ1v) is 8.86. The number of amides is 1. The molecule has 1 N–H and O–H groups in total. The second-order valence-corrected chi connectivity index (χ2v) is 7.25. The van der Waals surface area contributed by atoms with Gasteiger partial charge in [-0.2, -0.15) is 0 Å². The minimum absolute atomic E-state index is 0.175. The summed E-state index contributed by atoms with van der Waals surface area (Å²) < 4.78 is 27.6. The zero-order valence-corrected chi connectivity index (χ0v) is 14.7. The highest BCUT2D eigenvalue weighted by Gasteiger charge is 2.15. The van der Waals surface area contributed by atoms with Gasteiger partial charge in [-0.3, -0.25) is 9.52 Å². The second kappa shape index (κ2) is 7.31. The lowest BCUT2D eigenvalue weighted by molar-refractivity contribution is -0.123. The molecule has 24 heavy (non-hydrogen) atoms. The summed E-state index contributed by atoms with van der Waals surface area (Å²) in [7, 11) is -0.384. The molecule has 0 atom stereocenters. The lowest BCUT2D eigenvalue weighted by atomic mass is 10.1. The summed E-state index contributed by atoms with van der Waals surface area (Å²) in [5, 5.41) is 0. The van der Waals surface area contributed by atoms with E-state index < -0.39 is 10.0 Å². The van der Waals surface area contributed by atoms with Gasteiger partial charge in [0.15, 0.2) is 0 Å². The SMILES string of the molecule is Cc1ccc(S(=O)(=O)Nc2ccccc2/C=C/C(=O)N(C)C)cc1. The van der Waals surface area contributed by atoms with Crippen molar-refractivity contribution in [1.29, 1.82) is 0 Å². The number of anilines is 1. The van der Waals surface area contributed by atoms with Gasteiger partial charge in [-0.25, -0.2) is 8.42 Å². The topological polar surface area (TPSA) is 66.5 Å². The van der Waals surface area contributed by atoms with Crippen LogP contribution in [0.25, 0.3) is 6.08 Å². The third kappa shape index (κ3) is 4.45. The molecule has 0 aromatic heterocycles. The molecule has 0 fully saturated rings. The summed E-state index contributed by atoms with van der Waals surface area (Å²) >= 11 is 0. The average Bonchev–Trinajstić information content (AvgIpc) is 2.53. The van der Waals surface area contributed by atoms with Crippen LogP contribution in [0, 0.1) is 6.92 Å². The van der Waals surface area contributed by atoms with Crippen molar-refractivity contribution in [3.8, 4) is 0 Å². The summed E-state index contributed by atoms with van der Waals surface area (Å²) in [4.78, 5) is 13.3. The van der Waals surface area contributed by atoms with E-state index in [0.29, 0.717) is 11.3 Å². The maximum absolute atomic E-state index is 12.5. The fourth-order valence-corrected chi connectivity index (χ4v) is 3.05. The van der Waals surface area contributed by atoms with E-state index in [0.717, 1.165) is 5.56 Å². The third-order valence-corrected chi connectivity index (χ3v) is 4.76. The summed E-state index contributed by atoms with van der Waals surface area (Å²) in [5.41, 5.74) is 2.02. The Morgan fingerprint density at radius 2 is 1.67 bits per heavy atom. The van der Waals surface area contributed by atoms with Crippen LogP contribution < -0.4 is 4.72 Å². The highest BCUT2D eigenvalue weighted by atomic mass is 32.2. The molecule has 0 saturated heterocycles. The van der Waals surface area contributed by atoms with Gasteiger partial charge in [0.2, 0.25) is 5.91 Å². The normalized spacial score (nSPS) is 11.5. The minimum atomic E-state index is -3.69. The fourth-order valence-electron chi connectivity index (χ4n) is 1.97. The Morgan fingerprint density at radius 3 is 2.29 bits per heavy atom. The molecule has 0 unspecified atom stereocenters. The second-order valence-electron chi connectivity index (χ2n) is 5.57. The molecule has 0 aliphatic carbocycles. The van der Waals surface area contributed by atoms with Crippen molar-refractivity contribution in [3.63, 3.8) is 0 Å². The number of aryl methyl sites for hydroxylation is 1. The monoisotopic (exact) mass is 344 g/mol. The molecule has 0 saturated carbocycles. The number of nitrogens with zero attached hydrogens (tertiary/aromatic N) is 1. The van der Waals surface area contributed by atoms with E-state index >= 15 is 0 Å². The van der Waals surface area contributed by atoms with Gasteiger partial charge < -0.3 is 4.90 Å². The Labute approximate surface area is 142 Å². The molecule has 0 aliphatic heterocycles. The molecule has 0 radical (unpaired) electrons. The maximum atomic E-state index is 12.5. The number of carbonyl (C=O) groups is 1. The predicted molar refractivity (Wildman–Crippen MR) is 96.2 cm³/mol. The summed E-state index contributed by atoms with van der Waals surface area (Å²) in [6, 6.07) is 13.5. The number of hydrogen-bond acceptors (Lipinski definition) is 3. The summed E-state index contributed by atoms with van der Waals surface area (Å²) in [5.74, 6) is -0.175. The average molecular weight is 344 g/mol. The van der Waals surface area contributed by atoms with Crippen molar-refractivity contribution >= 4 is 27.7 Å². The molecule has 0 spiro atoms. The van der Waals surface area contributed by atoms with Gasteiger partial charge in [0.1, 0.15) is 0 Å². The number of benzene rings is 2. The molecule has 1 amide bonds. The maximum Gasteiger partial charge on any atom is 0.261 e. The fraction of sp³-hybridized carbons (Fsp3) is 0.167. The summed E-state index contributed by atoms with van der Waals surface area (Å²) in [6.45, 7) is 1.89. The Hall–Kier alpha value is -2.60. The molecule has 2 aromatic rings. The Morgan fingerprint density at radius 1 is 1.04 bits per heavy atom. The number of likely N-dealkylation sites (N-methyl/N-ethyl adjacent to an activating group) is 1. The van der Waals surface area contributed by atoms with Crippen molar-refractivity contribution < 1.29 is 13.2 Å². The van der Waals surface area contributed by atoms with E-state index in [1.165, 1.54) is 11.0 Å². The quantitative estimate of drug-likeness (QED) is 0.848. The first-order valence-electron chi connectivity index (χ1n) is 7.37. The van der Waals surface area contributed by atoms with Gasteiger partial charge in [-0.1, -0.05) is 35.9 Å². The number of carbonyl (C=O) groups excluding carboxylic acids is 1. The number of hydrogen-bond donors (Lipinski definition) is 1.